The van der Waals surface area contributed by atoms with Crippen molar-refractivity contribution in [1.29, 1.82) is 0 Å². The number of nitrogens with zero attached hydrogens (tertiary/aromatic N) is 5. The Bertz CT molecular complexity index is 1050. The van der Waals surface area contributed by atoms with E-state index in [1.165, 1.54) is 0 Å². The molecule has 2 bridgehead atoms. The predicted octanol–water partition coefficient (Wildman–Crippen LogP) is 2.87. The minimum atomic E-state index is -0.0267. The van der Waals surface area contributed by atoms with Gasteiger partial charge in [-0.05, 0) is 43.4 Å². The number of hydrogen-bond acceptors (Lipinski definition) is 5. The summed E-state index contributed by atoms with van der Waals surface area (Å²) in [5.41, 5.74) is 2.30. The standard InChI is InChI=1S/C22H23N5O2/c1-14-5-6-19(25-12-14)29-18-11-15-10-17(18)27(13-15)22(28)16-4-3-7-23-20(16)21-24-8-9-26(21)2/h3-9,12,15,17-18H,10-11,13H2,1-2H3. The second-order valence-corrected chi connectivity index (χ2v) is 7.95. The Morgan fingerprint density at radius 1 is 1.14 bits per heavy atom. The van der Waals surface area contributed by atoms with Gasteiger partial charge in [-0.2, -0.15) is 0 Å². The summed E-state index contributed by atoms with van der Waals surface area (Å²) in [4.78, 5) is 28.6. The minimum absolute atomic E-state index is 0.00577. The molecule has 7 heteroatoms. The molecule has 29 heavy (non-hydrogen) atoms. The molecule has 1 aliphatic heterocycles. The lowest BCUT2D eigenvalue weighted by atomic mass is 10.1. The van der Waals surface area contributed by atoms with Crippen molar-refractivity contribution in [2.45, 2.75) is 31.9 Å². The zero-order valence-electron chi connectivity index (χ0n) is 16.5. The Balaban J connectivity index is 1.40. The highest BCUT2D eigenvalue weighted by molar-refractivity contribution is 5.99. The number of amides is 1. The normalized spacial score (nSPS) is 22.8. The largest absolute Gasteiger partial charge is 0.472 e. The first-order valence-corrected chi connectivity index (χ1v) is 9.93. The van der Waals surface area contributed by atoms with E-state index in [4.69, 9.17) is 4.74 Å². The smallest absolute Gasteiger partial charge is 0.256 e. The van der Waals surface area contributed by atoms with E-state index in [9.17, 15) is 4.79 Å². The molecule has 4 heterocycles. The molecule has 0 radical (unpaired) electrons. The minimum Gasteiger partial charge on any atom is -0.472 e. The van der Waals surface area contributed by atoms with Gasteiger partial charge >= 0.3 is 0 Å². The fourth-order valence-electron chi connectivity index (χ4n) is 4.51. The van der Waals surface area contributed by atoms with Crippen LogP contribution in [0.1, 0.15) is 28.8 Å². The molecule has 1 amide bonds. The quantitative estimate of drug-likeness (QED) is 0.686. The molecule has 3 unspecified atom stereocenters. The lowest BCUT2D eigenvalue weighted by molar-refractivity contribution is 0.0467. The molecule has 3 aromatic rings. The van der Waals surface area contributed by atoms with Crippen LogP contribution in [-0.4, -0.2) is 49.0 Å². The Morgan fingerprint density at radius 2 is 2.03 bits per heavy atom. The zero-order valence-corrected chi connectivity index (χ0v) is 16.5. The average molecular weight is 389 g/mol. The van der Waals surface area contributed by atoms with Crippen molar-refractivity contribution < 1.29 is 9.53 Å². The molecule has 5 rings (SSSR count). The third-order valence-electron chi connectivity index (χ3n) is 5.91. The van der Waals surface area contributed by atoms with Gasteiger partial charge in [0.2, 0.25) is 5.88 Å². The van der Waals surface area contributed by atoms with Crippen LogP contribution in [0.3, 0.4) is 0 Å². The molecule has 148 valence electrons. The summed E-state index contributed by atoms with van der Waals surface area (Å²) < 4.78 is 8.04. The number of ether oxygens (including phenoxy) is 1. The molecule has 1 saturated heterocycles. The van der Waals surface area contributed by atoms with Crippen LogP contribution >= 0.6 is 0 Å². The average Bonchev–Trinajstić information content (AvgIpc) is 3.45. The fraction of sp³-hybridized carbons (Fsp3) is 0.364. The lowest BCUT2D eigenvalue weighted by Crippen LogP contribution is -2.47. The van der Waals surface area contributed by atoms with Gasteiger partial charge in [-0.25, -0.2) is 9.97 Å². The Morgan fingerprint density at radius 3 is 2.76 bits per heavy atom. The number of piperidine rings is 1. The van der Waals surface area contributed by atoms with E-state index in [0.29, 0.717) is 28.9 Å². The van der Waals surface area contributed by atoms with Crippen molar-refractivity contribution in [3.05, 3.63) is 60.2 Å². The van der Waals surface area contributed by atoms with Crippen molar-refractivity contribution >= 4 is 5.91 Å². The summed E-state index contributed by atoms with van der Waals surface area (Å²) >= 11 is 0. The maximum atomic E-state index is 13.5. The van der Waals surface area contributed by atoms with Crippen molar-refractivity contribution in [2.75, 3.05) is 6.54 Å². The van der Waals surface area contributed by atoms with Crippen LogP contribution in [0.4, 0.5) is 0 Å². The van der Waals surface area contributed by atoms with Crippen molar-refractivity contribution in [2.24, 2.45) is 13.0 Å². The summed E-state index contributed by atoms with van der Waals surface area (Å²) in [6, 6.07) is 7.59. The molecule has 2 aliphatic rings. The van der Waals surface area contributed by atoms with Gasteiger partial charge in [0.15, 0.2) is 5.82 Å². The second kappa shape index (κ2) is 6.99. The van der Waals surface area contributed by atoms with Crippen molar-refractivity contribution in [3.8, 4) is 17.4 Å². The maximum absolute atomic E-state index is 13.5. The topological polar surface area (TPSA) is 73.1 Å². The number of hydrogen-bond donors (Lipinski definition) is 0. The first kappa shape index (κ1) is 17.8. The molecule has 3 aromatic heterocycles. The lowest BCUT2D eigenvalue weighted by Gasteiger charge is -2.33. The first-order valence-electron chi connectivity index (χ1n) is 9.93. The second-order valence-electron chi connectivity index (χ2n) is 7.95. The molecule has 2 fully saturated rings. The van der Waals surface area contributed by atoms with Crippen LogP contribution in [0.25, 0.3) is 11.5 Å². The van der Waals surface area contributed by atoms with E-state index >= 15 is 0 Å². The number of rotatable bonds is 4. The monoisotopic (exact) mass is 389 g/mol. The molecule has 0 spiro atoms. The van der Waals surface area contributed by atoms with Gasteiger partial charge < -0.3 is 14.2 Å². The summed E-state index contributed by atoms with van der Waals surface area (Å²) in [7, 11) is 1.90. The van der Waals surface area contributed by atoms with Crippen LogP contribution < -0.4 is 4.74 Å². The number of aryl methyl sites for hydroxylation is 2. The van der Waals surface area contributed by atoms with Gasteiger partial charge in [0, 0.05) is 44.4 Å². The Hall–Kier alpha value is -3.22. The third-order valence-corrected chi connectivity index (χ3v) is 5.91. The zero-order chi connectivity index (χ0) is 20.0. The van der Waals surface area contributed by atoms with Gasteiger partial charge in [-0.3, -0.25) is 9.78 Å². The van der Waals surface area contributed by atoms with Gasteiger partial charge in [-0.15, -0.1) is 0 Å². The van der Waals surface area contributed by atoms with E-state index in [0.717, 1.165) is 24.9 Å². The van der Waals surface area contributed by atoms with Gasteiger partial charge in [-0.1, -0.05) is 6.07 Å². The third kappa shape index (κ3) is 3.16. The van der Waals surface area contributed by atoms with Gasteiger partial charge in [0.25, 0.3) is 5.91 Å². The highest BCUT2D eigenvalue weighted by Crippen LogP contribution is 2.40. The number of carbonyl (C=O) groups excluding carboxylic acids is 1. The summed E-state index contributed by atoms with van der Waals surface area (Å²) in [6.45, 7) is 2.77. The van der Waals surface area contributed by atoms with Gasteiger partial charge in [0.05, 0.1) is 11.6 Å². The SMILES string of the molecule is Cc1ccc(OC2CC3CC2N(C(=O)c2cccnc2-c2nccn2C)C3)nc1. The molecule has 0 aromatic carbocycles. The van der Waals surface area contributed by atoms with E-state index in [-0.39, 0.29) is 18.1 Å². The van der Waals surface area contributed by atoms with E-state index in [2.05, 4.69) is 15.0 Å². The number of likely N-dealkylation sites (tertiary alicyclic amines) is 1. The summed E-state index contributed by atoms with van der Waals surface area (Å²) in [5.74, 6) is 1.77. The maximum Gasteiger partial charge on any atom is 0.256 e. The van der Waals surface area contributed by atoms with Crippen LogP contribution in [0.5, 0.6) is 5.88 Å². The van der Waals surface area contributed by atoms with E-state index in [1.807, 2.05) is 47.8 Å². The number of pyridine rings is 2. The van der Waals surface area contributed by atoms with Crippen LogP contribution in [0.2, 0.25) is 0 Å². The molecular weight excluding hydrogens is 366 g/mol. The summed E-state index contributed by atoms with van der Waals surface area (Å²) in [5, 5.41) is 0. The Kier molecular flexibility index (Phi) is 4.30. The molecule has 1 saturated carbocycles. The highest BCUT2D eigenvalue weighted by Gasteiger charge is 2.48. The van der Waals surface area contributed by atoms with Crippen LogP contribution in [-0.2, 0) is 7.05 Å². The molecule has 7 nitrogen and oxygen atoms in total. The van der Waals surface area contributed by atoms with Crippen LogP contribution in [0.15, 0.2) is 49.1 Å². The van der Waals surface area contributed by atoms with Gasteiger partial charge in [0.1, 0.15) is 11.8 Å². The van der Waals surface area contributed by atoms with E-state index in [1.54, 1.807) is 24.7 Å². The molecule has 0 N–H and O–H groups in total. The van der Waals surface area contributed by atoms with Crippen LogP contribution in [0, 0.1) is 12.8 Å². The van der Waals surface area contributed by atoms with E-state index < -0.39 is 0 Å². The number of imidazole rings is 1. The number of carbonyl (C=O) groups is 1. The highest BCUT2D eigenvalue weighted by atomic mass is 16.5. The summed E-state index contributed by atoms with van der Waals surface area (Å²) in [6.07, 6.45) is 8.99. The first-order chi connectivity index (χ1) is 14.1. The number of fused-ring (bicyclic) bond motifs is 2. The van der Waals surface area contributed by atoms with Crippen molar-refractivity contribution in [3.63, 3.8) is 0 Å². The van der Waals surface area contributed by atoms with Crippen molar-refractivity contribution in [1.82, 2.24) is 24.4 Å². The fourth-order valence-corrected chi connectivity index (χ4v) is 4.51. The predicted molar refractivity (Wildman–Crippen MR) is 107 cm³/mol. The molecule has 1 aliphatic carbocycles. The number of aromatic nitrogens is 4. The molecule has 3 atom stereocenters. The molecular formula is C22H23N5O2. The Labute approximate surface area is 169 Å².